The number of hydrogen-bond acceptors (Lipinski definition) is 4. The molecule has 1 saturated heterocycles. The SMILES string of the molecule is Fc1cccc2sc(N3CCC4(C=C(c5c(C(F)F)cnn5-c5ccccc5C(F)(F)F)C4)CC3)nc12. The number of fused-ring (bicyclic) bond motifs is 1. The molecule has 0 radical (unpaired) electrons. The third kappa shape index (κ3) is 4.09. The molecule has 1 fully saturated rings. The summed E-state index contributed by atoms with van der Waals surface area (Å²) >= 11 is 1.42. The van der Waals surface area contributed by atoms with Crippen molar-refractivity contribution < 1.29 is 26.3 Å². The second-order valence-corrected chi connectivity index (χ2v) is 10.5. The van der Waals surface area contributed by atoms with Crippen LogP contribution in [0.25, 0.3) is 21.5 Å². The molecule has 2 aromatic heterocycles. The minimum absolute atomic E-state index is 0.0291. The van der Waals surface area contributed by atoms with Crippen LogP contribution in [0.5, 0.6) is 0 Å². The number of para-hydroxylation sites is 2. The molecule has 37 heavy (non-hydrogen) atoms. The number of thiazole rings is 1. The summed E-state index contributed by atoms with van der Waals surface area (Å²) in [7, 11) is 0. The van der Waals surface area contributed by atoms with Gasteiger partial charge in [0, 0.05) is 13.1 Å². The molecule has 3 heterocycles. The number of rotatable bonds is 4. The van der Waals surface area contributed by atoms with Crippen LogP contribution in [0.1, 0.15) is 42.5 Å². The Hall–Kier alpha value is -3.34. The van der Waals surface area contributed by atoms with Crippen LogP contribution >= 0.6 is 11.3 Å². The minimum Gasteiger partial charge on any atom is -0.348 e. The fourth-order valence-electron chi connectivity index (χ4n) is 5.30. The first kappa shape index (κ1) is 24.0. The van der Waals surface area contributed by atoms with Crippen LogP contribution < -0.4 is 4.90 Å². The highest BCUT2D eigenvalue weighted by molar-refractivity contribution is 7.22. The zero-order chi connectivity index (χ0) is 25.9. The first-order valence-corrected chi connectivity index (χ1v) is 12.5. The highest BCUT2D eigenvalue weighted by Gasteiger charge is 2.43. The van der Waals surface area contributed by atoms with Gasteiger partial charge in [0.15, 0.2) is 5.13 Å². The first-order chi connectivity index (χ1) is 17.7. The van der Waals surface area contributed by atoms with E-state index < -0.39 is 18.2 Å². The van der Waals surface area contributed by atoms with Crippen molar-refractivity contribution in [3.63, 3.8) is 0 Å². The molecular weight excluding hydrogens is 514 g/mol. The number of piperidine rings is 1. The molecule has 11 heteroatoms. The van der Waals surface area contributed by atoms with Gasteiger partial charge in [-0.3, -0.25) is 0 Å². The summed E-state index contributed by atoms with van der Waals surface area (Å²) < 4.78 is 84.5. The fraction of sp³-hybridized carbons (Fsp3) is 0.308. The molecule has 0 atom stereocenters. The minimum atomic E-state index is -4.66. The third-order valence-corrected chi connectivity index (χ3v) is 8.27. The smallest absolute Gasteiger partial charge is 0.348 e. The van der Waals surface area contributed by atoms with Gasteiger partial charge < -0.3 is 4.90 Å². The summed E-state index contributed by atoms with van der Waals surface area (Å²) in [6, 6.07) is 9.70. The Kier molecular flexibility index (Phi) is 5.59. The maximum atomic E-state index is 14.1. The van der Waals surface area contributed by atoms with E-state index in [2.05, 4.69) is 15.0 Å². The molecule has 0 unspecified atom stereocenters. The summed E-state index contributed by atoms with van der Waals surface area (Å²) in [6.45, 7) is 1.31. The zero-order valence-electron chi connectivity index (χ0n) is 19.3. The molecule has 6 rings (SSSR count). The number of anilines is 1. The molecule has 0 N–H and O–H groups in total. The van der Waals surface area contributed by atoms with E-state index in [9.17, 15) is 26.3 Å². The number of halogens is 6. The van der Waals surface area contributed by atoms with E-state index in [-0.39, 0.29) is 28.2 Å². The second kappa shape index (κ2) is 8.61. The largest absolute Gasteiger partial charge is 0.418 e. The molecule has 2 aliphatic rings. The Morgan fingerprint density at radius 3 is 2.41 bits per heavy atom. The van der Waals surface area contributed by atoms with Gasteiger partial charge >= 0.3 is 6.18 Å². The number of aromatic nitrogens is 3. The average molecular weight is 535 g/mol. The number of allylic oxidation sites excluding steroid dienone is 2. The van der Waals surface area contributed by atoms with Crippen LogP contribution in [-0.2, 0) is 6.18 Å². The van der Waals surface area contributed by atoms with E-state index in [1.54, 1.807) is 6.07 Å². The van der Waals surface area contributed by atoms with Crippen molar-refractivity contribution in [3.8, 4) is 5.69 Å². The lowest BCUT2D eigenvalue weighted by Crippen LogP contribution is -2.42. The average Bonchev–Trinajstić information content (AvgIpc) is 3.48. The predicted octanol–water partition coefficient (Wildman–Crippen LogP) is 7.65. The van der Waals surface area contributed by atoms with Gasteiger partial charge in [-0.25, -0.2) is 22.8 Å². The number of nitrogens with zero attached hydrogens (tertiary/aromatic N) is 4. The standard InChI is InChI=1S/C26H20F6N4S/c27-18-5-3-7-20-21(18)34-24(37-20)35-10-8-25(9-11-35)12-15(13-25)22-16(23(28)29)14-33-36(22)19-6-2-1-4-17(19)26(30,31)32/h1-7,12,14,23H,8-11,13H2. The van der Waals surface area contributed by atoms with Crippen molar-refractivity contribution in [3.05, 3.63) is 77.4 Å². The van der Waals surface area contributed by atoms with Gasteiger partial charge in [-0.1, -0.05) is 35.6 Å². The predicted molar refractivity (Wildman–Crippen MR) is 130 cm³/mol. The summed E-state index contributed by atoms with van der Waals surface area (Å²) in [5, 5.41) is 4.68. The lowest BCUT2D eigenvalue weighted by atomic mass is 9.64. The molecule has 1 aliphatic heterocycles. The summed E-state index contributed by atoms with van der Waals surface area (Å²) in [5.41, 5.74) is -0.882. The molecule has 0 amide bonds. The Labute approximate surface area is 211 Å². The lowest BCUT2D eigenvalue weighted by molar-refractivity contribution is -0.137. The second-order valence-electron chi connectivity index (χ2n) is 9.45. The van der Waals surface area contributed by atoms with Crippen molar-refractivity contribution in [1.82, 2.24) is 14.8 Å². The molecule has 0 bridgehead atoms. The van der Waals surface area contributed by atoms with Gasteiger partial charge in [0.2, 0.25) is 0 Å². The Morgan fingerprint density at radius 2 is 1.73 bits per heavy atom. The third-order valence-electron chi connectivity index (χ3n) is 7.19. The van der Waals surface area contributed by atoms with Gasteiger partial charge in [-0.05, 0) is 54.5 Å². The van der Waals surface area contributed by atoms with Gasteiger partial charge in [0.05, 0.1) is 33.4 Å². The maximum absolute atomic E-state index is 14.1. The molecule has 2 aromatic carbocycles. The van der Waals surface area contributed by atoms with Crippen molar-refractivity contribution in [2.75, 3.05) is 18.0 Å². The molecule has 1 spiro atoms. The van der Waals surface area contributed by atoms with Crippen LogP contribution in [0.3, 0.4) is 0 Å². The van der Waals surface area contributed by atoms with E-state index in [0.29, 0.717) is 30.6 Å². The van der Waals surface area contributed by atoms with E-state index >= 15 is 0 Å². The summed E-state index contributed by atoms with van der Waals surface area (Å²) in [5.74, 6) is -0.362. The number of alkyl halides is 5. The zero-order valence-corrected chi connectivity index (χ0v) is 20.1. The van der Waals surface area contributed by atoms with Crippen LogP contribution in [0, 0.1) is 11.2 Å². The first-order valence-electron chi connectivity index (χ1n) is 11.7. The van der Waals surface area contributed by atoms with Gasteiger partial charge in [0.25, 0.3) is 6.43 Å². The highest BCUT2D eigenvalue weighted by atomic mass is 32.1. The highest BCUT2D eigenvalue weighted by Crippen LogP contribution is 2.53. The van der Waals surface area contributed by atoms with E-state index in [1.165, 1.54) is 35.6 Å². The van der Waals surface area contributed by atoms with Crippen LogP contribution in [0.2, 0.25) is 0 Å². The van der Waals surface area contributed by atoms with Crippen LogP contribution in [-0.4, -0.2) is 27.9 Å². The molecule has 192 valence electrons. The van der Waals surface area contributed by atoms with Crippen LogP contribution in [0.15, 0.2) is 54.7 Å². The Morgan fingerprint density at radius 1 is 1.00 bits per heavy atom. The fourth-order valence-corrected chi connectivity index (χ4v) is 6.33. The monoisotopic (exact) mass is 534 g/mol. The molecule has 0 saturated carbocycles. The van der Waals surface area contributed by atoms with E-state index in [4.69, 9.17) is 0 Å². The van der Waals surface area contributed by atoms with Crippen molar-refractivity contribution in [1.29, 1.82) is 0 Å². The number of hydrogen-bond donors (Lipinski definition) is 0. The van der Waals surface area contributed by atoms with Crippen molar-refractivity contribution in [2.45, 2.75) is 31.9 Å². The van der Waals surface area contributed by atoms with Gasteiger partial charge in [0.1, 0.15) is 11.3 Å². The topological polar surface area (TPSA) is 34.0 Å². The van der Waals surface area contributed by atoms with Gasteiger partial charge in [-0.15, -0.1) is 0 Å². The summed E-state index contributed by atoms with van der Waals surface area (Å²) in [4.78, 5) is 6.55. The summed E-state index contributed by atoms with van der Waals surface area (Å²) in [6.07, 6.45) is -2.74. The maximum Gasteiger partial charge on any atom is 0.418 e. The van der Waals surface area contributed by atoms with Crippen molar-refractivity contribution >= 4 is 32.3 Å². The van der Waals surface area contributed by atoms with Crippen LogP contribution in [0.4, 0.5) is 31.5 Å². The Bertz CT molecular complexity index is 1510. The van der Waals surface area contributed by atoms with E-state index in [0.717, 1.165) is 39.6 Å². The number of benzene rings is 2. The lowest BCUT2D eigenvalue weighted by Gasteiger charge is -2.46. The Balaban J connectivity index is 1.28. The quantitative estimate of drug-likeness (QED) is 0.252. The molecular formula is C26H20F6N4S. The van der Waals surface area contributed by atoms with Gasteiger partial charge in [-0.2, -0.15) is 18.3 Å². The molecule has 4 aromatic rings. The van der Waals surface area contributed by atoms with Crippen molar-refractivity contribution in [2.24, 2.45) is 5.41 Å². The molecule has 4 nitrogen and oxygen atoms in total. The molecule has 1 aliphatic carbocycles. The normalized spacial score (nSPS) is 17.5. The van der Waals surface area contributed by atoms with E-state index in [1.807, 2.05) is 12.1 Å².